The summed E-state index contributed by atoms with van der Waals surface area (Å²) in [6.07, 6.45) is 2.54. The van der Waals surface area contributed by atoms with E-state index in [1.165, 1.54) is 56.7 Å². The largest absolute Gasteiger partial charge is 1.00 e. The van der Waals surface area contributed by atoms with Gasteiger partial charge in [-0.2, -0.15) is 0 Å². The number of aromatic nitrogens is 3. The van der Waals surface area contributed by atoms with E-state index in [0.717, 1.165) is 9.35 Å². The number of carboxylic acids is 1. The van der Waals surface area contributed by atoms with Crippen molar-refractivity contribution in [3.8, 4) is 0 Å². The van der Waals surface area contributed by atoms with Gasteiger partial charge in [0.2, 0.25) is 11.3 Å². The average molecular weight is 571 g/mol. The molecule has 4 heterocycles. The zero-order valence-corrected chi connectivity index (χ0v) is 23.7. The quantitative estimate of drug-likeness (QED) is 0.240. The Morgan fingerprint density at radius 3 is 2.53 bits per heavy atom. The molecule has 2 aromatic rings. The molecule has 2 N–H and O–H groups in total. The van der Waals surface area contributed by atoms with Crippen molar-refractivity contribution in [1.82, 2.24) is 25.0 Å². The van der Waals surface area contributed by atoms with Crippen LogP contribution in [-0.2, 0) is 20.9 Å². The van der Waals surface area contributed by atoms with Crippen molar-refractivity contribution in [2.45, 2.75) is 29.2 Å². The normalized spacial score (nSPS) is 19.3. The summed E-state index contributed by atoms with van der Waals surface area (Å²) in [7, 11) is 0. The molecule has 2 atom stereocenters. The summed E-state index contributed by atoms with van der Waals surface area (Å²) in [6, 6.07) is -0.859. The van der Waals surface area contributed by atoms with Crippen molar-refractivity contribution in [3.05, 3.63) is 48.9 Å². The molecule has 0 aliphatic carbocycles. The Kier molecular flexibility index (Phi) is 9.18. The van der Waals surface area contributed by atoms with E-state index in [4.69, 9.17) is 23.2 Å². The number of hydrogen-bond acceptors (Lipinski definition) is 9. The van der Waals surface area contributed by atoms with E-state index in [2.05, 4.69) is 15.5 Å². The molecule has 2 aliphatic rings. The number of fused-ring (bicyclic) bond motifs is 1. The Labute approximate surface area is 237 Å². The average Bonchev–Trinajstić information content (AvgIpc) is 3.18. The number of aryl methyl sites for hydroxylation is 1. The number of carboxylic acid groups (broad SMARTS) is 1. The number of carbonyl (C=O) groups is 3. The summed E-state index contributed by atoms with van der Waals surface area (Å²) in [5.74, 6) is -1.43. The zero-order valence-electron chi connectivity index (χ0n) is 17.8. The molecule has 10 nitrogen and oxygen atoms in total. The topological polar surface area (TPSA) is 134 Å². The number of β-lactam (4-membered cyclic amide) rings is 1. The van der Waals surface area contributed by atoms with Crippen LogP contribution in [0.15, 0.2) is 32.8 Å². The summed E-state index contributed by atoms with van der Waals surface area (Å²) >= 11 is 15.8. The molecule has 2 unspecified atom stereocenters. The van der Waals surface area contributed by atoms with Gasteiger partial charge in [0.1, 0.15) is 38.7 Å². The van der Waals surface area contributed by atoms with Gasteiger partial charge in [0.15, 0.2) is 4.34 Å². The molecule has 0 saturated carbocycles. The number of amides is 2. The Hall–Kier alpha value is -1.06. The van der Waals surface area contributed by atoms with Crippen molar-refractivity contribution >= 4 is 75.8 Å². The predicted octanol–water partition coefficient (Wildman–Crippen LogP) is -1.15. The second kappa shape index (κ2) is 11.3. The first kappa shape index (κ1) is 27.5. The van der Waals surface area contributed by atoms with Gasteiger partial charge in [0.25, 0.3) is 5.91 Å². The maximum atomic E-state index is 12.8. The van der Waals surface area contributed by atoms with Gasteiger partial charge in [-0.1, -0.05) is 46.3 Å². The number of thioether (sulfide) groups is 2. The van der Waals surface area contributed by atoms with Crippen molar-refractivity contribution in [3.63, 3.8) is 0 Å². The van der Waals surface area contributed by atoms with Gasteiger partial charge in [-0.3, -0.25) is 19.3 Å². The number of carbonyl (C=O) groups excluding carboxylic acids is 2. The summed E-state index contributed by atoms with van der Waals surface area (Å²) in [5, 5.41) is 20.4. The summed E-state index contributed by atoms with van der Waals surface area (Å²) in [4.78, 5) is 50.0. The first-order valence-electron chi connectivity index (χ1n) is 9.33. The van der Waals surface area contributed by atoms with Crippen molar-refractivity contribution < 1.29 is 49.0 Å². The Balaban J connectivity index is 0.00000324. The first-order chi connectivity index (χ1) is 15.7. The van der Waals surface area contributed by atoms with E-state index in [1.54, 1.807) is 0 Å². The van der Waals surface area contributed by atoms with Crippen molar-refractivity contribution in [2.24, 2.45) is 0 Å². The number of halogens is 2. The van der Waals surface area contributed by atoms with E-state index in [9.17, 15) is 24.3 Å². The monoisotopic (exact) mass is 570 g/mol. The summed E-state index contributed by atoms with van der Waals surface area (Å²) in [6.45, 7) is 1.62. The molecule has 1 saturated heterocycles. The second-order valence-electron chi connectivity index (χ2n) is 7.04. The summed E-state index contributed by atoms with van der Waals surface area (Å²) in [5.41, 5.74) is 0.0147. The van der Waals surface area contributed by atoms with Crippen molar-refractivity contribution in [2.75, 3.05) is 11.5 Å². The molecule has 0 aromatic carbocycles. The standard InChI is InChI=1S/C18H15Cl2N5O5S3.Na/c1-7-22-23-18(33-7)32-6-8-5-31-16-12(15(28)25(16)13(8)17(29)30)21-11(26)4-24-2-9(19)14(27)10(20)3-24;/h2-3,12,16H,4-6H2,1H3,(H,21,26)(H,29,30);/q;+1. The molecule has 0 spiro atoms. The number of hydrogen-bond donors (Lipinski definition) is 2. The molecule has 0 radical (unpaired) electrons. The number of pyridine rings is 1. The third kappa shape index (κ3) is 5.67. The molecule has 16 heteroatoms. The molecule has 0 bridgehead atoms. The molecular formula is C18H15Cl2N5NaO5S3+. The molecule has 1 fully saturated rings. The number of nitrogens with one attached hydrogen (secondary N) is 1. The third-order valence-electron chi connectivity index (χ3n) is 4.76. The van der Waals surface area contributed by atoms with Crippen LogP contribution in [-0.4, -0.2) is 65.5 Å². The van der Waals surface area contributed by atoms with E-state index < -0.39 is 34.6 Å². The Morgan fingerprint density at radius 1 is 1.26 bits per heavy atom. The predicted molar refractivity (Wildman–Crippen MR) is 126 cm³/mol. The second-order valence-corrected chi connectivity index (χ2v) is 11.4. The minimum absolute atomic E-state index is 0. The van der Waals surface area contributed by atoms with Gasteiger partial charge in [-0.05, 0) is 12.5 Å². The fraction of sp³-hybridized carbons (Fsp3) is 0.333. The van der Waals surface area contributed by atoms with Crippen LogP contribution in [0.3, 0.4) is 0 Å². The fourth-order valence-corrected chi connectivity index (χ4v) is 7.12. The van der Waals surface area contributed by atoms with Crippen LogP contribution in [0.4, 0.5) is 0 Å². The van der Waals surface area contributed by atoms with E-state index in [0.29, 0.717) is 17.1 Å². The van der Waals surface area contributed by atoms with Gasteiger partial charge in [-0.15, -0.1) is 22.0 Å². The molecular weight excluding hydrogens is 556 g/mol. The molecule has 4 rings (SSSR count). The van der Waals surface area contributed by atoms with Gasteiger partial charge in [0.05, 0.1) is 0 Å². The smallest absolute Gasteiger partial charge is 0.477 e. The van der Waals surface area contributed by atoms with Gasteiger partial charge in [-0.25, -0.2) is 4.79 Å². The fourth-order valence-electron chi connectivity index (χ4n) is 3.32. The SMILES string of the molecule is Cc1nnc(SCC2=C(C(=O)O)N3C(=O)C(NC(=O)Cn4cc(Cl)c(=O)c(Cl)c4)C3SC2)s1.[Na+]. The van der Waals surface area contributed by atoms with E-state index in [-0.39, 0.29) is 51.8 Å². The minimum atomic E-state index is -1.19. The first-order valence-corrected chi connectivity index (χ1v) is 12.9. The third-order valence-corrected chi connectivity index (χ3v) is 8.70. The van der Waals surface area contributed by atoms with Crippen LogP contribution in [0.25, 0.3) is 0 Å². The molecule has 2 aromatic heterocycles. The maximum absolute atomic E-state index is 12.8. The number of rotatable bonds is 7. The van der Waals surface area contributed by atoms with Crippen molar-refractivity contribution in [1.29, 1.82) is 0 Å². The van der Waals surface area contributed by atoms with Gasteiger partial charge in [0, 0.05) is 23.9 Å². The summed E-state index contributed by atoms with van der Waals surface area (Å²) < 4.78 is 2.06. The number of aliphatic carboxylic acids is 1. The maximum Gasteiger partial charge on any atom is 1.00 e. The van der Waals surface area contributed by atoms with Gasteiger partial charge >= 0.3 is 35.5 Å². The Bertz CT molecular complexity index is 1230. The molecule has 34 heavy (non-hydrogen) atoms. The molecule has 2 amide bonds. The molecule has 2 aliphatic heterocycles. The van der Waals surface area contributed by atoms with E-state index in [1.807, 2.05) is 6.92 Å². The van der Waals surface area contributed by atoms with Crippen LogP contribution >= 0.6 is 58.1 Å². The number of nitrogens with zero attached hydrogens (tertiary/aromatic N) is 4. The van der Waals surface area contributed by atoms with Crippen LogP contribution in [0.2, 0.25) is 10.0 Å². The van der Waals surface area contributed by atoms with Crippen LogP contribution in [0.1, 0.15) is 5.01 Å². The van der Waals surface area contributed by atoms with Crippen LogP contribution in [0, 0.1) is 6.92 Å². The minimum Gasteiger partial charge on any atom is -0.477 e. The Morgan fingerprint density at radius 2 is 1.94 bits per heavy atom. The van der Waals surface area contributed by atoms with E-state index >= 15 is 0 Å². The zero-order chi connectivity index (χ0) is 23.9. The molecule has 174 valence electrons. The van der Waals surface area contributed by atoms with Crippen LogP contribution in [0.5, 0.6) is 0 Å². The van der Waals surface area contributed by atoms with Gasteiger partial charge < -0.3 is 15.0 Å². The van der Waals surface area contributed by atoms with Crippen LogP contribution < -0.4 is 40.3 Å².